The van der Waals surface area contributed by atoms with E-state index in [1.54, 1.807) is 84.3 Å². The molecular formula is C52H78N10O12. The molecule has 0 spiro atoms. The number of aliphatic hydroxyl groups excluding tert-OH is 1. The molecular weight excluding hydrogens is 957 g/mol. The lowest BCUT2D eigenvalue weighted by Gasteiger charge is -2.48. The van der Waals surface area contributed by atoms with Crippen molar-refractivity contribution in [3.8, 4) is 0 Å². The van der Waals surface area contributed by atoms with E-state index in [9.17, 15) is 24.3 Å². The summed E-state index contributed by atoms with van der Waals surface area (Å²) >= 11 is 0. The number of ether oxygens (including phenoxy) is 6. The maximum Gasteiger partial charge on any atom is 0.429 e. The number of nitrogens with zero attached hydrogens (tertiary/aromatic N) is 7. The number of aryl methyl sites for hydroxylation is 2. The Hall–Kier alpha value is -5.81. The number of hydrogen-bond acceptors (Lipinski definition) is 18. The van der Waals surface area contributed by atoms with E-state index < -0.39 is 108 Å². The number of pyridine rings is 1. The molecule has 3 fully saturated rings. The van der Waals surface area contributed by atoms with E-state index in [2.05, 4.69) is 37.3 Å². The van der Waals surface area contributed by atoms with Crippen LogP contribution in [-0.4, -0.2) is 156 Å². The van der Waals surface area contributed by atoms with Crippen molar-refractivity contribution in [2.24, 2.45) is 29.4 Å². The fraction of sp³-hybridized carbons (Fsp3) is 0.673. The summed E-state index contributed by atoms with van der Waals surface area (Å²) in [6, 6.07) is 0.553. The molecule has 6 rings (SSSR count). The molecule has 74 heavy (non-hydrogen) atoms. The van der Waals surface area contributed by atoms with Crippen molar-refractivity contribution in [1.29, 1.82) is 0 Å². The Morgan fingerprint density at radius 2 is 1.84 bits per heavy atom. The minimum absolute atomic E-state index is 0.00237. The molecule has 0 aromatic carbocycles. The Bertz CT molecular complexity index is 2430. The van der Waals surface area contributed by atoms with E-state index in [1.807, 2.05) is 18.4 Å². The number of rotatable bonds is 17. The standard InChI is InChI=1S/C52H78N10O12/c1-13-60(11)38-23-31(4)70-48(42(38)65)73-45-33(6)43(72-39(63)24-36-17-16-21-54-26-36)34(7)47(66)71-35(8)52(10)44(32(5)41(64)29(2)25-51(45,9)69-12)62(50(68)74-52)59-49(67)58-30(3)18-19-37-40-46(56-27-55-37)61(28-57-40)22-15-14-20-53/h13,16-17,21,26-35,38,42-45,48,65H,1,14-15,18-20,22-25,53H2,2-12H3,(H2,58,59,67)/t29-,30?,31-,32+,33+,34-,35-,38+,42-,43+,44-,45-,48?,51-,52-/m1/s1. The van der Waals surface area contributed by atoms with Gasteiger partial charge in [-0.3, -0.25) is 19.4 Å². The Labute approximate surface area is 433 Å². The lowest BCUT2D eigenvalue weighted by molar-refractivity contribution is -0.301. The zero-order valence-corrected chi connectivity index (χ0v) is 44.8. The van der Waals surface area contributed by atoms with Gasteiger partial charge in [-0.25, -0.2) is 35.0 Å². The Morgan fingerprint density at radius 1 is 1.09 bits per heavy atom. The average molecular weight is 1040 g/mol. The summed E-state index contributed by atoms with van der Waals surface area (Å²) in [5, 5.41) is 15.7. The SMILES string of the molecule is C=CN(C)[C@H]1C[C@@H](C)OC(O[C@@H]2[C@@H](C)[C@H](OC(=O)Cc3cccnc3)[C@@H](C)C(=O)O[C@H](C)[C@@]3(C)OC(=O)N(NC(=O)NC(C)CCc4ncnc5c4ncn5CCCCN)[C@@H]3[C@@H](C)C(=O)[C@H](C)C[C@@]2(C)OC)[C@@H]1O. The van der Waals surface area contributed by atoms with Gasteiger partial charge in [-0.05, 0) is 104 Å². The lowest BCUT2D eigenvalue weighted by atomic mass is 9.73. The number of nitrogens with one attached hydrogen (secondary N) is 2. The number of imidazole rings is 1. The minimum Gasteiger partial charge on any atom is -0.461 e. The minimum atomic E-state index is -1.72. The smallest absolute Gasteiger partial charge is 0.429 e. The number of hydrogen-bond donors (Lipinski definition) is 4. The van der Waals surface area contributed by atoms with Gasteiger partial charge in [0.05, 0.1) is 48.2 Å². The van der Waals surface area contributed by atoms with Crippen LogP contribution in [0.3, 0.4) is 0 Å². The van der Waals surface area contributed by atoms with Gasteiger partial charge in [-0.15, -0.1) is 0 Å². The van der Waals surface area contributed by atoms with Crippen LogP contribution >= 0.6 is 0 Å². The second-order valence-electron chi connectivity index (χ2n) is 20.9. The summed E-state index contributed by atoms with van der Waals surface area (Å²) in [4.78, 5) is 91.0. The van der Waals surface area contributed by atoms with E-state index in [0.29, 0.717) is 54.8 Å². The van der Waals surface area contributed by atoms with Gasteiger partial charge in [-0.1, -0.05) is 33.4 Å². The van der Waals surface area contributed by atoms with E-state index in [-0.39, 0.29) is 24.7 Å². The molecule has 15 atom stereocenters. The number of hydrazine groups is 1. The monoisotopic (exact) mass is 1030 g/mol. The second kappa shape index (κ2) is 24.7. The molecule has 22 nitrogen and oxygen atoms in total. The molecule has 0 radical (unpaired) electrons. The molecule has 3 aliphatic rings. The van der Waals surface area contributed by atoms with Gasteiger partial charge >= 0.3 is 24.1 Å². The summed E-state index contributed by atoms with van der Waals surface area (Å²) in [5.74, 6) is -5.80. The molecule has 408 valence electrons. The fourth-order valence-corrected chi connectivity index (χ4v) is 10.8. The van der Waals surface area contributed by atoms with Crippen LogP contribution in [0.25, 0.3) is 11.2 Å². The number of urea groups is 1. The highest BCUT2D eigenvalue weighted by Crippen LogP contribution is 2.43. The predicted molar refractivity (Wildman–Crippen MR) is 270 cm³/mol. The first-order chi connectivity index (χ1) is 35.1. The Morgan fingerprint density at radius 3 is 2.51 bits per heavy atom. The third kappa shape index (κ3) is 12.8. The zero-order chi connectivity index (χ0) is 54.2. The molecule has 0 aliphatic carbocycles. The molecule has 3 aliphatic heterocycles. The maximum absolute atomic E-state index is 15.0. The molecule has 0 bridgehead atoms. The predicted octanol–water partition coefficient (Wildman–Crippen LogP) is 4.41. The largest absolute Gasteiger partial charge is 0.461 e. The quantitative estimate of drug-likeness (QED) is 0.0828. The zero-order valence-electron chi connectivity index (χ0n) is 44.8. The molecule has 2 unspecified atom stereocenters. The van der Waals surface area contributed by atoms with Crippen LogP contribution in [0.1, 0.15) is 106 Å². The van der Waals surface area contributed by atoms with E-state index >= 15 is 4.79 Å². The van der Waals surface area contributed by atoms with Gasteiger partial charge in [0.2, 0.25) is 0 Å². The highest BCUT2D eigenvalue weighted by Gasteiger charge is 2.61. The van der Waals surface area contributed by atoms with Crippen LogP contribution in [0, 0.1) is 23.7 Å². The van der Waals surface area contributed by atoms with Crippen LogP contribution < -0.4 is 16.5 Å². The summed E-state index contributed by atoms with van der Waals surface area (Å²) in [5.41, 5.74) is 7.87. The first-order valence-corrected chi connectivity index (χ1v) is 25.7. The first kappa shape index (κ1) is 57.5. The van der Waals surface area contributed by atoms with E-state index in [4.69, 9.17) is 34.2 Å². The van der Waals surface area contributed by atoms with Gasteiger partial charge in [0, 0.05) is 56.9 Å². The van der Waals surface area contributed by atoms with Crippen molar-refractivity contribution in [3.63, 3.8) is 0 Å². The summed E-state index contributed by atoms with van der Waals surface area (Å²) in [6.45, 7) is 20.3. The summed E-state index contributed by atoms with van der Waals surface area (Å²) in [6.07, 6.45) is 3.46. The highest BCUT2D eigenvalue weighted by molar-refractivity contribution is 5.86. The van der Waals surface area contributed by atoms with Crippen LogP contribution in [0.5, 0.6) is 0 Å². The summed E-state index contributed by atoms with van der Waals surface area (Å²) in [7, 11) is 3.25. The van der Waals surface area contributed by atoms with Gasteiger partial charge in [0.1, 0.15) is 42.0 Å². The van der Waals surface area contributed by atoms with Crippen molar-refractivity contribution in [3.05, 3.63) is 61.2 Å². The van der Waals surface area contributed by atoms with Gasteiger partial charge in [0.15, 0.2) is 17.5 Å². The number of carbonyl (C=O) groups is 5. The molecule has 3 amide bonds. The average Bonchev–Trinajstić information content (AvgIpc) is 3.90. The number of esters is 2. The van der Waals surface area contributed by atoms with Gasteiger partial charge in [-0.2, -0.15) is 0 Å². The number of carbonyl (C=O) groups excluding carboxylic acids is 5. The van der Waals surface area contributed by atoms with Gasteiger partial charge in [0.25, 0.3) is 0 Å². The Kier molecular flexibility index (Phi) is 19.2. The molecule has 3 aromatic rings. The number of likely N-dealkylation sites (N-methyl/N-ethyl adjacent to an activating group) is 1. The third-order valence-corrected chi connectivity index (χ3v) is 15.3. The normalized spacial score (nSPS) is 32.4. The number of aromatic nitrogens is 5. The van der Waals surface area contributed by atoms with E-state index in [0.717, 1.165) is 17.9 Å². The van der Waals surface area contributed by atoms with Crippen LogP contribution in [0.15, 0.2) is 50.0 Å². The van der Waals surface area contributed by atoms with Crippen molar-refractivity contribution in [2.45, 2.75) is 180 Å². The van der Waals surface area contributed by atoms with Crippen molar-refractivity contribution in [2.75, 3.05) is 20.7 Å². The molecule has 0 saturated carbocycles. The van der Waals surface area contributed by atoms with E-state index in [1.165, 1.54) is 26.6 Å². The number of cyclic esters (lactones) is 1. The molecule has 3 aromatic heterocycles. The third-order valence-electron chi connectivity index (χ3n) is 15.3. The topological polar surface area (TPSA) is 274 Å². The van der Waals surface area contributed by atoms with Crippen molar-refractivity contribution in [1.82, 2.24) is 45.2 Å². The molecule has 6 heterocycles. The highest BCUT2D eigenvalue weighted by atomic mass is 16.7. The number of unbranched alkanes of at least 4 members (excludes halogenated alkanes) is 1. The van der Waals surface area contributed by atoms with Crippen molar-refractivity contribution >= 4 is 41.0 Å². The number of aliphatic hydroxyl groups is 1. The number of fused-ring (bicyclic) bond motifs is 2. The number of ketones is 1. The Balaban J connectivity index is 1.30. The number of methoxy groups -OCH3 is 1. The van der Waals surface area contributed by atoms with Crippen LogP contribution in [0.2, 0.25) is 0 Å². The molecule has 5 N–H and O–H groups in total. The fourth-order valence-electron chi connectivity index (χ4n) is 10.8. The number of Topliss-reactive ketones (excluding diaryl/α,β-unsaturated/α-hetero) is 1. The second-order valence-corrected chi connectivity index (χ2v) is 20.9. The number of nitrogens with two attached hydrogens (primary N) is 1. The first-order valence-electron chi connectivity index (χ1n) is 25.7. The number of amides is 3. The van der Waals surface area contributed by atoms with Gasteiger partial charge < -0.3 is 54.0 Å². The molecule has 22 heteroatoms. The lowest BCUT2D eigenvalue weighted by Crippen LogP contribution is -2.62. The molecule has 3 saturated heterocycles. The van der Waals surface area contributed by atoms with Crippen LogP contribution in [0.4, 0.5) is 9.59 Å². The summed E-state index contributed by atoms with van der Waals surface area (Å²) < 4.78 is 40.0. The maximum atomic E-state index is 15.0. The van der Waals surface area contributed by atoms with Crippen molar-refractivity contribution < 1.29 is 57.5 Å². The van der Waals surface area contributed by atoms with Crippen LogP contribution in [-0.2, 0) is 62.2 Å².